The molecule has 10 nitrogen and oxygen atoms in total. The number of nitrogens with one attached hydrogen (secondary N) is 1. The highest BCUT2D eigenvalue weighted by Crippen LogP contribution is 2.38. The zero-order valence-electron chi connectivity index (χ0n) is 30.3. The summed E-state index contributed by atoms with van der Waals surface area (Å²) in [7, 11) is 1.94. The molecule has 0 atom stereocenters. The fourth-order valence-corrected chi connectivity index (χ4v) is 8.37. The van der Waals surface area contributed by atoms with Crippen molar-refractivity contribution in [3.05, 3.63) is 83.4 Å². The third kappa shape index (κ3) is 6.54. The number of nitrogens with zero attached hydrogens (tertiary/aromatic N) is 6. The highest BCUT2D eigenvalue weighted by atomic mass is 16.5. The van der Waals surface area contributed by atoms with E-state index in [0.29, 0.717) is 31.8 Å². The van der Waals surface area contributed by atoms with Crippen LogP contribution in [0.25, 0.3) is 27.9 Å². The normalized spacial score (nSPS) is 17.7. The van der Waals surface area contributed by atoms with E-state index in [1.165, 1.54) is 5.56 Å². The molecule has 1 N–H and O–H groups in total. The fraction of sp³-hybridized carbons (Fsp3) is 0.429. The molecule has 2 aromatic carbocycles. The molecule has 8 rings (SSSR count). The lowest BCUT2D eigenvalue weighted by molar-refractivity contribution is -0.132. The summed E-state index contributed by atoms with van der Waals surface area (Å²) in [6, 6.07) is 15.0. The van der Waals surface area contributed by atoms with Gasteiger partial charge >= 0.3 is 0 Å². The van der Waals surface area contributed by atoms with Gasteiger partial charge in [0.25, 0.3) is 0 Å². The summed E-state index contributed by atoms with van der Waals surface area (Å²) >= 11 is 0. The van der Waals surface area contributed by atoms with E-state index in [4.69, 9.17) is 14.7 Å². The summed E-state index contributed by atoms with van der Waals surface area (Å²) in [4.78, 5) is 42.0. The fourth-order valence-electron chi connectivity index (χ4n) is 8.37. The maximum Gasteiger partial charge on any atom is 0.223 e. The van der Waals surface area contributed by atoms with Crippen LogP contribution in [0.2, 0.25) is 0 Å². The van der Waals surface area contributed by atoms with Crippen LogP contribution in [-0.2, 0) is 34.0 Å². The molecule has 0 saturated carbocycles. The maximum atomic E-state index is 13.1. The second-order valence-corrected chi connectivity index (χ2v) is 14.5. The molecule has 0 radical (unpaired) electrons. The third-order valence-electron chi connectivity index (χ3n) is 11.5. The lowest BCUT2D eigenvalue weighted by atomic mass is 9.99. The Labute approximate surface area is 305 Å². The molecule has 0 bridgehead atoms. The summed E-state index contributed by atoms with van der Waals surface area (Å²) in [5.41, 5.74) is 9.48. The molecular formula is C42H47N7O3. The summed E-state index contributed by atoms with van der Waals surface area (Å²) in [5.74, 6) is 8.24. The van der Waals surface area contributed by atoms with Crippen molar-refractivity contribution in [2.75, 3.05) is 44.8 Å². The monoisotopic (exact) mass is 697 g/mol. The van der Waals surface area contributed by atoms with Crippen molar-refractivity contribution >= 4 is 34.1 Å². The predicted octanol–water partition coefficient (Wildman–Crippen LogP) is 5.69. The first-order valence-electron chi connectivity index (χ1n) is 18.7. The number of rotatable bonds is 6. The van der Waals surface area contributed by atoms with Crippen LogP contribution in [-0.4, -0.2) is 82.1 Å². The molecular weight excluding hydrogens is 651 g/mol. The van der Waals surface area contributed by atoms with E-state index < -0.39 is 0 Å². The van der Waals surface area contributed by atoms with E-state index in [1.54, 1.807) is 6.92 Å². The highest BCUT2D eigenvalue weighted by molar-refractivity contribution is 5.95. The number of imidazole rings is 1. The molecule has 2 fully saturated rings. The molecule has 0 aliphatic carbocycles. The van der Waals surface area contributed by atoms with Gasteiger partial charge < -0.3 is 29.3 Å². The third-order valence-corrected chi connectivity index (χ3v) is 11.5. The van der Waals surface area contributed by atoms with Crippen LogP contribution in [0.15, 0.2) is 55.2 Å². The Kier molecular flexibility index (Phi) is 9.45. The van der Waals surface area contributed by atoms with Crippen molar-refractivity contribution < 1.29 is 14.3 Å². The quantitative estimate of drug-likeness (QED) is 0.259. The number of ether oxygens (including phenoxy) is 1. The van der Waals surface area contributed by atoms with Gasteiger partial charge in [-0.05, 0) is 55.5 Å². The molecule has 2 amide bonds. The molecule has 52 heavy (non-hydrogen) atoms. The number of carbonyl (C=O) groups is 2. The number of piperidine rings is 1. The summed E-state index contributed by atoms with van der Waals surface area (Å²) in [6.45, 7) is 11.8. The van der Waals surface area contributed by atoms with Gasteiger partial charge in [-0.3, -0.25) is 14.6 Å². The molecule has 268 valence electrons. The second-order valence-electron chi connectivity index (χ2n) is 14.5. The van der Waals surface area contributed by atoms with E-state index in [0.717, 1.165) is 121 Å². The minimum atomic E-state index is 0.0932. The topological polar surface area (TPSA) is 95.8 Å². The van der Waals surface area contributed by atoms with Gasteiger partial charge in [0.05, 0.1) is 23.4 Å². The van der Waals surface area contributed by atoms with Crippen LogP contribution in [0, 0.1) is 11.8 Å². The first-order valence-corrected chi connectivity index (χ1v) is 18.7. The van der Waals surface area contributed by atoms with Crippen molar-refractivity contribution in [2.24, 2.45) is 0 Å². The van der Waals surface area contributed by atoms with Gasteiger partial charge in [-0.25, -0.2) is 4.98 Å². The average molecular weight is 698 g/mol. The van der Waals surface area contributed by atoms with Crippen molar-refractivity contribution in [1.29, 1.82) is 0 Å². The molecule has 0 spiro atoms. The number of hydrogen-bond acceptors (Lipinski definition) is 7. The minimum Gasteiger partial charge on any atom is -0.381 e. The first kappa shape index (κ1) is 34.0. The lowest BCUT2D eigenvalue weighted by Gasteiger charge is -2.38. The lowest BCUT2D eigenvalue weighted by Crippen LogP contribution is -2.45. The van der Waals surface area contributed by atoms with Crippen LogP contribution in [0.3, 0.4) is 0 Å². The largest absolute Gasteiger partial charge is 0.381 e. The highest BCUT2D eigenvalue weighted by Gasteiger charge is 2.31. The molecule has 2 aromatic heterocycles. The second kappa shape index (κ2) is 14.5. The first-order chi connectivity index (χ1) is 25.4. The Morgan fingerprint density at radius 2 is 1.87 bits per heavy atom. The molecule has 4 aliphatic heterocycles. The van der Waals surface area contributed by atoms with Crippen molar-refractivity contribution in [2.45, 2.75) is 77.0 Å². The molecule has 4 aliphatic rings. The van der Waals surface area contributed by atoms with Gasteiger partial charge in [0.15, 0.2) is 0 Å². The number of benzene rings is 2. The van der Waals surface area contributed by atoms with E-state index in [9.17, 15) is 9.59 Å². The Balaban J connectivity index is 0.934. The maximum absolute atomic E-state index is 13.1. The molecule has 10 heteroatoms. The standard InChI is InChI=1S/C42H47N7O3/c1-28-34-9-6-8-30(37(34)26-44-28)7-4-5-10-40(51)46(3)32-14-19-47(20-15-32)33-11-12-35-36(13-18-43-38(35)25-33)41-39-27-48(29(2)50)21-22-49(39)42(45-41)31-16-23-52-24-17-31/h6,8-9,11-13,18,25,31-32,44H,1,5,10,14-17,19-24,26-27H2,2-3H3. The van der Waals surface area contributed by atoms with Gasteiger partial charge in [0, 0.05) is 124 Å². The Morgan fingerprint density at radius 1 is 1.04 bits per heavy atom. The smallest absolute Gasteiger partial charge is 0.223 e. The van der Waals surface area contributed by atoms with Crippen LogP contribution in [0.1, 0.15) is 79.6 Å². The van der Waals surface area contributed by atoms with Crippen LogP contribution >= 0.6 is 0 Å². The Bertz CT molecular complexity index is 2100. The van der Waals surface area contributed by atoms with Crippen molar-refractivity contribution in [3.63, 3.8) is 0 Å². The summed E-state index contributed by atoms with van der Waals surface area (Å²) in [6.07, 6.45) is 6.60. The van der Waals surface area contributed by atoms with E-state index in [2.05, 4.69) is 63.5 Å². The summed E-state index contributed by atoms with van der Waals surface area (Å²) in [5, 5.41) is 4.36. The van der Waals surface area contributed by atoms with E-state index in [-0.39, 0.29) is 17.9 Å². The number of carbonyl (C=O) groups excluding carboxylic acids is 2. The van der Waals surface area contributed by atoms with Crippen molar-refractivity contribution in [1.82, 2.24) is 29.7 Å². The van der Waals surface area contributed by atoms with Gasteiger partial charge in [-0.1, -0.05) is 36.6 Å². The summed E-state index contributed by atoms with van der Waals surface area (Å²) < 4.78 is 8.04. The number of pyridine rings is 1. The molecule has 0 unspecified atom stereocenters. The molecule has 2 saturated heterocycles. The van der Waals surface area contributed by atoms with Crippen LogP contribution in [0.5, 0.6) is 0 Å². The zero-order chi connectivity index (χ0) is 35.8. The number of aromatic nitrogens is 3. The number of amides is 2. The van der Waals surface area contributed by atoms with Crippen molar-refractivity contribution in [3.8, 4) is 23.1 Å². The SMILES string of the molecule is C=C1NCc2c(C#CCCC(=O)N(C)C3CCN(c4ccc5c(-c6nc(C7CCOCC7)n7c6CN(C(C)=O)CC7)ccnc5c4)CC3)cccc21. The van der Waals surface area contributed by atoms with Gasteiger partial charge in [0.1, 0.15) is 5.82 Å². The zero-order valence-corrected chi connectivity index (χ0v) is 30.3. The van der Waals surface area contributed by atoms with Crippen LogP contribution < -0.4 is 10.2 Å². The molecule has 4 aromatic rings. The van der Waals surface area contributed by atoms with E-state index >= 15 is 0 Å². The van der Waals surface area contributed by atoms with E-state index in [1.807, 2.05) is 35.2 Å². The minimum absolute atomic E-state index is 0.0932. The average Bonchev–Trinajstić information content (AvgIpc) is 3.76. The predicted molar refractivity (Wildman–Crippen MR) is 203 cm³/mol. The Hall–Kier alpha value is -5.14. The number of hydrogen-bond donors (Lipinski definition) is 1. The van der Waals surface area contributed by atoms with Gasteiger partial charge in [-0.2, -0.15) is 0 Å². The van der Waals surface area contributed by atoms with Gasteiger partial charge in [-0.15, -0.1) is 0 Å². The van der Waals surface area contributed by atoms with Gasteiger partial charge in [0.2, 0.25) is 11.8 Å². The number of anilines is 1. The van der Waals surface area contributed by atoms with Crippen LogP contribution in [0.4, 0.5) is 5.69 Å². The molecule has 6 heterocycles. The number of fused-ring (bicyclic) bond motifs is 3. The Morgan fingerprint density at radius 3 is 2.67 bits per heavy atom.